The molecule has 0 aliphatic heterocycles. The monoisotopic (exact) mass is 208 g/mol. The number of hydrogen-bond donors (Lipinski definition) is 1. The van der Waals surface area contributed by atoms with Crippen LogP contribution in [-0.2, 0) is 4.79 Å². The van der Waals surface area contributed by atoms with Gasteiger partial charge in [0.05, 0.1) is 6.07 Å². The lowest BCUT2D eigenvalue weighted by molar-refractivity contribution is -0.154. The maximum Gasteiger partial charge on any atom is 0.397 e. The van der Waals surface area contributed by atoms with Gasteiger partial charge in [-0.2, -0.15) is 18.4 Å². The lowest BCUT2D eigenvalue weighted by atomic mass is 10.0. The quantitative estimate of drug-likeness (QED) is 0.768. The summed E-state index contributed by atoms with van der Waals surface area (Å²) in [6.07, 6.45) is -5.83. The van der Waals surface area contributed by atoms with Crippen molar-refractivity contribution in [3.8, 4) is 6.07 Å². The third-order valence-electron chi connectivity index (χ3n) is 1.73. The van der Waals surface area contributed by atoms with Crippen LogP contribution in [0.4, 0.5) is 13.2 Å². The molecule has 0 rings (SSSR count). The first-order valence-electron chi connectivity index (χ1n) is 4.01. The third-order valence-corrected chi connectivity index (χ3v) is 1.73. The van der Waals surface area contributed by atoms with E-state index in [1.165, 1.54) is 6.92 Å². The number of alkyl halides is 3. The molecule has 0 bridgehead atoms. The number of carbonyl (C=O) groups excluding carboxylic acids is 1. The van der Waals surface area contributed by atoms with Crippen molar-refractivity contribution in [2.24, 2.45) is 0 Å². The molecule has 3 nitrogen and oxygen atoms in total. The molecule has 0 spiro atoms. The minimum absolute atomic E-state index is 0.257. The number of rotatable bonds is 3. The van der Waals surface area contributed by atoms with Gasteiger partial charge in [0, 0.05) is 0 Å². The highest BCUT2D eigenvalue weighted by atomic mass is 19.4. The Morgan fingerprint density at radius 1 is 1.50 bits per heavy atom. The second-order valence-corrected chi connectivity index (χ2v) is 3.14. The van der Waals surface area contributed by atoms with Crippen LogP contribution in [0.25, 0.3) is 0 Å². The van der Waals surface area contributed by atoms with E-state index in [-0.39, 0.29) is 6.42 Å². The number of carbonyl (C=O) groups is 1. The molecule has 0 fully saturated rings. The molecule has 0 saturated carbocycles. The van der Waals surface area contributed by atoms with Crippen LogP contribution in [0, 0.1) is 11.3 Å². The highest BCUT2D eigenvalue weighted by Crippen LogP contribution is 2.20. The Balaban J connectivity index is 4.27. The molecule has 0 aliphatic rings. The smallest absolute Gasteiger partial charge is 0.338 e. The van der Waals surface area contributed by atoms with Crippen LogP contribution < -0.4 is 5.32 Å². The first-order chi connectivity index (χ1) is 6.22. The Kier molecular flexibility index (Phi) is 3.93. The molecular weight excluding hydrogens is 197 g/mol. The van der Waals surface area contributed by atoms with Gasteiger partial charge >= 0.3 is 6.18 Å². The second kappa shape index (κ2) is 4.31. The number of hydrogen-bond acceptors (Lipinski definition) is 2. The molecule has 80 valence electrons. The van der Waals surface area contributed by atoms with Crippen molar-refractivity contribution in [3.63, 3.8) is 0 Å². The van der Waals surface area contributed by atoms with E-state index in [1.807, 2.05) is 5.32 Å². The van der Waals surface area contributed by atoms with Gasteiger partial charge in [-0.05, 0) is 13.3 Å². The zero-order chi connectivity index (χ0) is 11.4. The van der Waals surface area contributed by atoms with Crippen LogP contribution in [0.2, 0.25) is 0 Å². The van der Waals surface area contributed by atoms with E-state index in [4.69, 9.17) is 5.26 Å². The predicted molar refractivity (Wildman–Crippen MR) is 43.1 cm³/mol. The van der Waals surface area contributed by atoms with Crippen LogP contribution in [0.3, 0.4) is 0 Å². The second-order valence-electron chi connectivity index (χ2n) is 3.14. The molecule has 1 unspecified atom stereocenters. The van der Waals surface area contributed by atoms with E-state index >= 15 is 0 Å². The molecule has 1 N–H and O–H groups in total. The molecule has 0 aromatic carbocycles. The standard InChI is InChI=1S/C8H11F3N2O/c1-3-7(2,5-12)13-6(14)4-8(9,10)11/h3-4H2,1-2H3,(H,13,14). The number of nitrogens with one attached hydrogen (secondary N) is 1. The molecular formula is C8H11F3N2O. The maximum atomic E-state index is 11.7. The highest BCUT2D eigenvalue weighted by Gasteiger charge is 2.34. The average molecular weight is 208 g/mol. The Morgan fingerprint density at radius 3 is 2.29 bits per heavy atom. The maximum absolute atomic E-state index is 11.7. The number of nitrogens with zero attached hydrogens (tertiary/aromatic N) is 1. The van der Waals surface area contributed by atoms with Crippen LogP contribution in [-0.4, -0.2) is 17.6 Å². The van der Waals surface area contributed by atoms with Crippen molar-refractivity contribution < 1.29 is 18.0 Å². The van der Waals surface area contributed by atoms with Crippen molar-refractivity contribution in [3.05, 3.63) is 0 Å². The van der Waals surface area contributed by atoms with Crippen LogP contribution in [0.5, 0.6) is 0 Å². The summed E-state index contributed by atoms with van der Waals surface area (Å²) in [5.74, 6) is -1.18. The van der Waals surface area contributed by atoms with Gasteiger partial charge in [0.2, 0.25) is 5.91 Å². The fraction of sp³-hybridized carbons (Fsp3) is 0.750. The third kappa shape index (κ3) is 4.70. The van der Waals surface area contributed by atoms with Crippen molar-refractivity contribution >= 4 is 5.91 Å². The predicted octanol–water partition coefficient (Wildman–Crippen LogP) is 1.75. The largest absolute Gasteiger partial charge is 0.397 e. The van der Waals surface area contributed by atoms with E-state index in [1.54, 1.807) is 13.0 Å². The van der Waals surface area contributed by atoms with Gasteiger partial charge in [-0.15, -0.1) is 0 Å². The molecule has 0 aliphatic carbocycles. The first kappa shape index (κ1) is 12.8. The van der Waals surface area contributed by atoms with Gasteiger partial charge < -0.3 is 5.32 Å². The van der Waals surface area contributed by atoms with Crippen molar-refractivity contribution in [1.82, 2.24) is 5.32 Å². The molecule has 14 heavy (non-hydrogen) atoms. The van der Waals surface area contributed by atoms with E-state index in [9.17, 15) is 18.0 Å². The Bertz CT molecular complexity index is 256. The normalized spacial score (nSPS) is 15.4. The lowest BCUT2D eigenvalue weighted by Crippen LogP contribution is -2.45. The summed E-state index contributed by atoms with van der Waals surface area (Å²) in [7, 11) is 0. The molecule has 0 heterocycles. The summed E-state index contributed by atoms with van der Waals surface area (Å²) >= 11 is 0. The highest BCUT2D eigenvalue weighted by molar-refractivity contribution is 5.77. The zero-order valence-electron chi connectivity index (χ0n) is 7.90. The molecule has 6 heteroatoms. The summed E-state index contributed by atoms with van der Waals surface area (Å²) < 4.78 is 35.2. The SMILES string of the molecule is CCC(C)(C#N)NC(=O)CC(F)(F)F. The molecule has 1 atom stereocenters. The van der Waals surface area contributed by atoms with E-state index < -0.39 is 24.0 Å². The number of nitriles is 1. The molecule has 0 saturated heterocycles. The van der Waals surface area contributed by atoms with Crippen molar-refractivity contribution in [2.45, 2.75) is 38.4 Å². The number of halogens is 3. The van der Waals surface area contributed by atoms with Crippen molar-refractivity contribution in [2.75, 3.05) is 0 Å². The molecule has 1 amide bonds. The van der Waals surface area contributed by atoms with Gasteiger partial charge in [-0.1, -0.05) is 6.92 Å². The Hall–Kier alpha value is -1.25. The lowest BCUT2D eigenvalue weighted by Gasteiger charge is -2.21. The first-order valence-corrected chi connectivity index (χ1v) is 4.01. The van der Waals surface area contributed by atoms with E-state index in [0.717, 1.165) is 0 Å². The minimum Gasteiger partial charge on any atom is -0.338 e. The number of amides is 1. The van der Waals surface area contributed by atoms with Gasteiger partial charge in [0.15, 0.2) is 0 Å². The van der Waals surface area contributed by atoms with Crippen LogP contribution in [0.15, 0.2) is 0 Å². The van der Waals surface area contributed by atoms with Crippen molar-refractivity contribution in [1.29, 1.82) is 5.26 Å². The van der Waals surface area contributed by atoms with Gasteiger partial charge in [-0.25, -0.2) is 0 Å². The fourth-order valence-electron chi connectivity index (χ4n) is 0.729. The van der Waals surface area contributed by atoms with E-state index in [0.29, 0.717) is 0 Å². The van der Waals surface area contributed by atoms with Gasteiger partial charge in [0.1, 0.15) is 12.0 Å². The summed E-state index contributed by atoms with van der Waals surface area (Å²) in [6.45, 7) is 2.98. The fourth-order valence-corrected chi connectivity index (χ4v) is 0.729. The van der Waals surface area contributed by atoms with Gasteiger partial charge in [-0.3, -0.25) is 4.79 Å². The van der Waals surface area contributed by atoms with E-state index in [2.05, 4.69) is 0 Å². The molecule has 0 radical (unpaired) electrons. The minimum atomic E-state index is -4.53. The Labute approximate surface area is 79.9 Å². The Morgan fingerprint density at radius 2 is 2.00 bits per heavy atom. The zero-order valence-corrected chi connectivity index (χ0v) is 7.90. The topological polar surface area (TPSA) is 52.9 Å². The van der Waals surface area contributed by atoms with Crippen LogP contribution >= 0.6 is 0 Å². The van der Waals surface area contributed by atoms with Crippen LogP contribution in [0.1, 0.15) is 26.7 Å². The summed E-state index contributed by atoms with van der Waals surface area (Å²) in [5, 5.41) is 10.6. The average Bonchev–Trinajstić information content (AvgIpc) is 2.00. The summed E-state index contributed by atoms with van der Waals surface area (Å²) in [4.78, 5) is 10.8. The molecule has 0 aromatic rings. The van der Waals surface area contributed by atoms with Gasteiger partial charge in [0.25, 0.3) is 0 Å². The summed E-state index contributed by atoms with van der Waals surface area (Å²) in [6, 6.07) is 1.75. The molecule has 0 aromatic heterocycles. The summed E-state index contributed by atoms with van der Waals surface area (Å²) in [5.41, 5.74) is -1.22.